The van der Waals surface area contributed by atoms with Gasteiger partial charge in [-0.1, -0.05) is 23.7 Å². The predicted molar refractivity (Wildman–Crippen MR) is 139 cm³/mol. The number of likely N-dealkylation sites (N-methyl/N-ethyl adjacent to an activating group) is 1. The molecule has 1 saturated heterocycles. The van der Waals surface area contributed by atoms with Crippen molar-refractivity contribution in [1.29, 1.82) is 0 Å². The number of fused-ring (bicyclic) bond motifs is 1. The van der Waals surface area contributed by atoms with Crippen LogP contribution in [0, 0.1) is 0 Å². The number of carbonyl (C=O) groups is 1. The standard InChI is InChI=1S/C25H25ClN8O2/c1-31(20-5-2-3-12-28-20)13-4-6-21(35)32-14-11-19(15-32)34-24-22(23(27)29-16-30-24)33(25(34)36)18-9-7-17(26)8-10-18/h2-10,12,16,19H,11,13-15H2,1H3,(H2,27,29,30). The predicted octanol–water partition coefficient (Wildman–Crippen LogP) is 2.68. The van der Waals surface area contributed by atoms with E-state index >= 15 is 0 Å². The number of amides is 1. The molecule has 4 aromatic rings. The van der Waals surface area contributed by atoms with Crippen LogP contribution in [0.4, 0.5) is 11.6 Å². The molecule has 0 spiro atoms. The zero-order valence-electron chi connectivity index (χ0n) is 19.7. The molecule has 1 atom stereocenters. The fraction of sp³-hybridized carbons (Fsp3) is 0.240. The van der Waals surface area contributed by atoms with E-state index in [2.05, 4.69) is 15.0 Å². The third-order valence-electron chi connectivity index (χ3n) is 6.29. The number of hydrogen-bond acceptors (Lipinski definition) is 7. The average molecular weight is 505 g/mol. The number of nitrogens with two attached hydrogens (primary N) is 1. The van der Waals surface area contributed by atoms with E-state index in [1.165, 1.54) is 10.9 Å². The molecule has 4 heterocycles. The maximum atomic E-state index is 13.6. The number of rotatable bonds is 6. The second-order valence-electron chi connectivity index (χ2n) is 8.59. The molecule has 2 N–H and O–H groups in total. The lowest BCUT2D eigenvalue weighted by Gasteiger charge is -2.17. The van der Waals surface area contributed by atoms with Gasteiger partial charge in [-0.2, -0.15) is 0 Å². The number of carbonyl (C=O) groups excluding carboxylic acids is 1. The summed E-state index contributed by atoms with van der Waals surface area (Å²) >= 11 is 6.04. The molecule has 5 rings (SSSR count). The topological polar surface area (TPSA) is 115 Å². The Morgan fingerprint density at radius 3 is 2.75 bits per heavy atom. The highest BCUT2D eigenvalue weighted by molar-refractivity contribution is 6.30. The van der Waals surface area contributed by atoms with Gasteiger partial charge in [0.1, 0.15) is 17.7 Å². The highest BCUT2D eigenvalue weighted by Crippen LogP contribution is 2.27. The lowest BCUT2D eigenvalue weighted by molar-refractivity contribution is -0.125. The minimum Gasteiger partial charge on any atom is -0.382 e. The molecule has 1 fully saturated rings. The maximum Gasteiger partial charge on any atom is 0.335 e. The molecule has 10 nitrogen and oxygen atoms in total. The van der Waals surface area contributed by atoms with Crippen LogP contribution in [0.15, 0.2) is 71.9 Å². The highest BCUT2D eigenvalue weighted by atomic mass is 35.5. The second kappa shape index (κ2) is 9.82. The third-order valence-corrected chi connectivity index (χ3v) is 6.54. The molecule has 0 saturated carbocycles. The number of nitrogen functional groups attached to an aromatic ring is 1. The fourth-order valence-corrected chi connectivity index (χ4v) is 4.60. The van der Waals surface area contributed by atoms with Crippen molar-refractivity contribution in [3.05, 3.63) is 82.6 Å². The molecule has 0 radical (unpaired) electrons. The molecule has 1 unspecified atom stereocenters. The second-order valence-corrected chi connectivity index (χ2v) is 9.03. The molecule has 36 heavy (non-hydrogen) atoms. The Hall–Kier alpha value is -4.18. The molecule has 1 aliphatic rings. The van der Waals surface area contributed by atoms with Gasteiger partial charge in [0.25, 0.3) is 0 Å². The number of likely N-dealkylation sites (tertiary alicyclic amines) is 1. The van der Waals surface area contributed by atoms with E-state index in [0.717, 1.165) is 5.82 Å². The van der Waals surface area contributed by atoms with Crippen LogP contribution in [0.1, 0.15) is 12.5 Å². The molecule has 1 aromatic carbocycles. The molecule has 1 amide bonds. The van der Waals surface area contributed by atoms with Crippen molar-refractivity contribution in [3.8, 4) is 5.69 Å². The van der Waals surface area contributed by atoms with E-state index in [-0.39, 0.29) is 23.5 Å². The van der Waals surface area contributed by atoms with Gasteiger partial charge in [0.2, 0.25) is 5.91 Å². The zero-order chi connectivity index (χ0) is 25.2. The minimum absolute atomic E-state index is 0.101. The van der Waals surface area contributed by atoms with Gasteiger partial charge in [-0.15, -0.1) is 0 Å². The van der Waals surface area contributed by atoms with Gasteiger partial charge in [0.05, 0.1) is 11.7 Å². The van der Waals surface area contributed by atoms with Crippen molar-refractivity contribution >= 4 is 40.3 Å². The monoisotopic (exact) mass is 504 g/mol. The molecule has 0 aliphatic carbocycles. The van der Waals surface area contributed by atoms with Crippen molar-refractivity contribution in [1.82, 2.24) is 29.0 Å². The number of anilines is 2. The first-order valence-electron chi connectivity index (χ1n) is 11.5. The van der Waals surface area contributed by atoms with E-state index in [4.69, 9.17) is 17.3 Å². The summed E-state index contributed by atoms with van der Waals surface area (Å²) in [5.41, 5.74) is 7.37. The summed E-state index contributed by atoms with van der Waals surface area (Å²) < 4.78 is 3.12. The van der Waals surface area contributed by atoms with Gasteiger partial charge < -0.3 is 15.5 Å². The SMILES string of the molecule is CN(CC=CC(=O)N1CCC(n2c(=O)n(-c3ccc(Cl)cc3)c3c(N)ncnc32)C1)c1ccccn1. The van der Waals surface area contributed by atoms with Gasteiger partial charge in [-0.05, 0) is 42.8 Å². The molecule has 0 bridgehead atoms. The van der Waals surface area contributed by atoms with Crippen molar-refractivity contribution in [2.24, 2.45) is 0 Å². The summed E-state index contributed by atoms with van der Waals surface area (Å²) in [6.07, 6.45) is 7.09. The summed E-state index contributed by atoms with van der Waals surface area (Å²) in [4.78, 5) is 42.9. The van der Waals surface area contributed by atoms with Crippen molar-refractivity contribution in [3.63, 3.8) is 0 Å². The molecule has 11 heteroatoms. The molecule has 184 valence electrons. The number of halogens is 1. The van der Waals surface area contributed by atoms with Gasteiger partial charge in [-0.3, -0.25) is 13.9 Å². The van der Waals surface area contributed by atoms with Crippen LogP contribution in [0.5, 0.6) is 0 Å². The van der Waals surface area contributed by atoms with Crippen LogP contribution >= 0.6 is 11.6 Å². The van der Waals surface area contributed by atoms with Crippen LogP contribution in [0.3, 0.4) is 0 Å². The van der Waals surface area contributed by atoms with Crippen LogP contribution in [-0.2, 0) is 4.79 Å². The molecule has 3 aromatic heterocycles. The van der Waals surface area contributed by atoms with Gasteiger partial charge in [0, 0.05) is 44.0 Å². The smallest absolute Gasteiger partial charge is 0.335 e. The lowest BCUT2D eigenvalue weighted by Crippen LogP contribution is -2.31. The van der Waals surface area contributed by atoms with Gasteiger partial charge in [-0.25, -0.2) is 19.7 Å². The Bertz CT molecular complexity index is 1480. The van der Waals surface area contributed by atoms with Crippen LogP contribution < -0.4 is 16.3 Å². The number of imidazole rings is 1. The lowest BCUT2D eigenvalue weighted by atomic mass is 10.2. The summed E-state index contributed by atoms with van der Waals surface area (Å²) in [5.74, 6) is 0.931. The Balaban J connectivity index is 1.37. The normalized spacial score (nSPS) is 15.7. The Morgan fingerprint density at radius 1 is 1.19 bits per heavy atom. The van der Waals surface area contributed by atoms with E-state index in [9.17, 15) is 9.59 Å². The van der Waals surface area contributed by atoms with Crippen molar-refractivity contribution in [2.45, 2.75) is 12.5 Å². The first-order chi connectivity index (χ1) is 17.4. The maximum absolute atomic E-state index is 13.6. The largest absolute Gasteiger partial charge is 0.382 e. The van der Waals surface area contributed by atoms with E-state index < -0.39 is 0 Å². The number of aromatic nitrogens is 5. The zero-order valence-corrected chi connectivity index (χ0v) is 20.4. The quantitative estimate of drug-likeness (QED) is 0.401. The number of hydrogen-bond donors (Lipinski definition) is 1. The number of nitrogens with zero attached hydrogens (tertiary/aromatic N) is 7. The Morgan fingerprint density at radius 2 is 2.00 bits per heavy atom. The van der Waals surface area contributed by atoms with Gasteiger partial charge in [0.15, 0.2) is 11.5 Å². The van der Waals surface area contributed by atoms with E-state index in [0.29, 0.717) is 47.9 Å². The minimum atomic E-state index is -0.286. The summed E-state index contributed by atoms with van der Waals surface area (Å²) in [6.45, 7) is 1.47. The molecular weight excluding hydrogens is 480 g/mol. The first-order valence-corrected chi connectivity index (χ1v) is 11.9. The first kappa shape index (κ1) is 23.6. The summed E-state index contributed by atoms with van der Waals surface area (Å²) in [7, 11) is 1.92. The molecular formula is C25H25ClN8O2. The van der Waals surface area contributed by atoms with Crippen LogP contribution in [0.2, 0.25) is 5.02 Å². The third kappa shape index (κ3) is 4.42. The van der Waals surface area contributed by atoms with Crippen LogP contribution in [-0.4, -0.2) is 61.6 Å². The van der Waals surface area contributed by atoms with Crippen LogP contribution in [0.25, 0.3) is 16.9 Å². The van der Waals surface area contributed by atoms with E-state index in [1.807, 2.05) is 36.2 Å². The van der Waals surface area contributed by atoms with E-state index in [1.54, 1.807) is 46.0 Å². The Kier molecular flexibility index (Phi) is 6.43. The average Bonchev–Trinajstić information content (AvgIpc) is 3.48. The van der Waals surface area contributed by atoms with Crippen molar-refractivity contribution in [2.75, 3.05) is 37.3 Å². The summed E-state index contributed by atoms with van der Waals surface area (Å²) in [6, 6.07) is 12.4. The number of benzene rings is 1. The highest BCUT2D eigenvalue weighted by Gasteiger charge is 2.31. The number of pyridine rings is 1. The summed E-state index contributed by atoms with van der Waals surface area (Å²) in [5, 5.41) is 0.559. The Labute approximate surface area is 212 Å². The van der Waals surface area contributed by atoms with Gasteiger partial charge >= 0.3 is 5.69 Å². The fourth-order valence-electron chi connectivity index (χ4n) is 4.47. The van der Waals surface area contributed by atoms with Crippen molar-refractivity contribution < 1.29 is 4.79 Å². The molecule has 1 aliphatic heterocycles.